The lowest BCUT2D eigenvalue weighted by molar-refractivity contribution is -0.152. The molecule has 0 aliphatic carbocycles. The van der Waals surface area contributed by atoms with Gasteiger partial charge in [-0.15, -0.1) is 11.3 Å². The van der Waals surface area contributed by atoms with E-state index in [0.29, 0.717) is 16.4 Å². The Kier molecular flexibility index (Phi) is 6.77. The molecule has 1 aliphatic heterocycles. The first-order valence-electron chi connectivity index (χ1n) is 9.99. The van der Waals surface area contributed by atoms with Crippen molar-refractivity contribution < 1.29 is 19.1 Å². The van der Waals surface area contributed by atoms with Crippen LogP contribution >= 0.6 is 11.3 Å². The molecule has 0 saturated heterocycles. The highest BCUT2D eigenvalue weighted by Crippen LogP contribution is 2.42. The Morgan fingerprint density at radius 3 is 2.50 bits per heavy atom. The Balaban J connectivity index is 2.27. The van der Waals surface area contributed by atoms with Gasteiger partial charge in [0.1, 0.15) is 5.41 Å². The zero-order valence-electron chi connectivity index (χ0n) is 17.6. The number of esters is 2. The number of benzene rings is 1. The van der Waals surface area contributed by atoms with Gasteiger partial charge >= 0.3 is 11.9 Å². The van der Waals surface area contributed by atoms with Crippen LogP contribution in [0.3, 0.4) is 0 Å². The minimum Gasteiger partial charge on any atom is -0.465 e. The smallest absolute Gasteiger partial charge is 0.337 e. The molecule has 0 radical (unpaired) electrons. The fourth-order valence-corrected chi connectivity index (χ4v) is 4.65. The first-order chi connectivity index (χ1) is 14.5. The second kappa shape index (κ2) is 9.30. The molecule has 0 amide bonds. The number of carbonyl (C=O) groups excluding carboxylic acids is 2. The molecule has 1 aromatic carbocycles. The minimum atomic E-state index is -1.22. The Hall–Kier alpha value is -2.87. The minimum absolute atomic E-state index is 0.224. The van der Waals surface area contributed by atoms with E-state index < -0.39 is 23.4 Å². The lowest BCUT2D eigenvalue weighted by atomic mass is 9.64. The molecule has 3 unspecified atom stereocenters. The molecule has 7 nitrogen and oxygen atoms in total. The third-order valence-corrected chi connectivity index (χ3v) is 6.03. The zero-order valence-corrected chi connectivity index (χ0v) is 18.4. The summed E-state index contributed by atoms with van der Waals surface area (Å²) in [5.74, 6) is -0.896. The van der Waals surface area contributed by atoms with Crippen LogP contribution in [0.4, 0.5) is 5.13 Å². The summed E-state index contributed by atoms with van der Waals surface area (Å²) in [4.78, 5) is 31.0. The average molecular weight is 430 g/mol. The summed E-state index contributed by atoms with van der Waals surface area (Å²) < 4.78 is 10.9. The van der Waals surface area contributed by atoms with Crippen molar-refractivity contribution in [1.82, 2.24) is 10.3 Å². The van der Waals surface area contributed by atoms with Gasteiger partial charge in [-0.3, -0.25) is 4.79 Å². The van der Waals surface area contributed by atoms with Crippen LogP contribution in [0.15, 0.2) is 53.2 Å². The Morgan fingerprint density at radius 1 is 1.20 bits per heavy atom. The van der Waals surface area contributed by atoms with E-state index in [1.165, 1.54) is 11.3 Å². The molecular formula is C22H27N3O4S. The van der Waals surface area contributed by atoms with Crippen molar-refractivity contribution >= 4 is 28.4 Å². The van der Waals surface area contributed by atoms with Gasteiger partial charge in [0.25, 0.3) is 0 Å². The van der Waals surface area contributed by atoms with E-state index in [2.05, 4.69) is 15.6 Å². The van der Waals surface area contributed by atoms with Gasteiger partial charge in [0, 0.05) is 23.3 Å². The number of hydrogen-bond donors (Lipinski definition) is 2. The third-order valence-electron chi connectivity index (χ3n) is 5.32. The number of nitrogens with one attached hydrogen (secondary N) is 2. The number of ether oxygens (including phenoxy) is 2. The molecule has 0 bridgehead atoms. The van der Waals surface area contributed by atoms with Gasteiger partial charge in [-0.2, -0.15) is 0 Å². The predicted octanol–water partition coefficient (Wildman–Crippen LogP) is 3.25. The van der Waals surface area contributed by atoms with Crippen molar-refractivity contribution in [2.24, 2.45) is 0 Å². The highest BCUT2D eigenvalue weighted by molar-refractivity contribution is 7.13. The first kappa shape index (κ1) is 21.8. The normalized spacial score (nSPS) is 23.5. The van der Waals surface area contributed by atoms with Crippen LogP contribution < -0.4 is 10.6 Å². The number of hydrogen-bond acceptors (Lipinski definition) is 8. The summed E-state index contributed by atoms with van der Waals surface area (Å²) in [6, 6.07) is 8.30. The van der Waals surface area contributed by atoms with Crippen LogP contribution in [0.1, 0.15) is 33.3 Å². The summed E-state index contributed by atoms with van der Waals surface area (Å²) in [7, 11) is 0. The molecular weight excluding hydrogens is 402 g/mol. The fourth-order valence-electron chi connectivity index (χ4n) is 4.09. The maximum absolute atomic E-state index is 13.6. The van der Waals surface area contributed by atoms with Gasteiger partial charge in [0.05, 0.1) is 24.8 Å². The molecule has 3 rings (SSSR count). The van der Waals surface area contributed by atoms with Crippen molar-refractivity contribution in [3.8, 4) is 0 Å². The summed E-state index contributed by atoms with van der Waals surface area (Å²) in [6.07, 6.45) is 1.67. The number of nitrogens with zero attached hydrogens (tertiary/aromatic N) is 1. The largest absolute Gasteiger partial charge is 0.465 e. The standard InChI is InChI=1S/C22H27N3O4S/c1-5-28-19(26)17-14(3)24-15(4)22(20(27)29-6-2,16-10-8-7-9-11-16)18(17)25-21-23-12-13-30-21/h7-13,15,18,24H,5-6H2,1-4H3,(H,23,25). The maximum atomic E-state index is 13.6. The SMILES string of the molecule is CCOC(=O)C1=C(C)NC(C)C(C(=O)OCC)(c2ccccc2)C1Nc1nccs1. The van der Waals surface area contributed by atoms with Crippen LogP contribution in [0.5, 0.6) is 0 Å². The van der Waals surface area contributed by atoms with Crippen LogP contribution in [-0.2, 0) is 24.5 Å². The monoisotopic (exact) mass is 429 g/mol. The topological polar surface area (TPSA) is 89.5 Å². The molecule has 2 N–H and O–H groups in total. The van der Waals surface area contributed by atoms with E-state index in [-0.39, 0.29) is 19.3 Å². The zero-order chi connectivity index (χ0) is 21.7. The molecule has 8 heteroatoms. The lowest BCUT2D eigenvalue weighted by Gasteiger charge is -2.48. The molecule has 1 aliphatic rings. The first-order valence-corrected chi connectivity index (χ1v) is 10.9. The third kappa shape index (κ3) is 3.79. The van der Waals surface area contributed by atoms with E-state index in [4.69, 9.17) is 9.47 Å². The lowest BCUT2D eigenvalue weighted by Crippen LogP contribution is -2.66. The average Bonchev–Trinajstić information content (AvgIpc) is 3.22. The van der Waals surface area contributed by atoms with Gasteiger partial charge in [0.2, 0.25) is 0 Å². The summed E-state index contributed by atoms with van der Waals surface area (Å²) >= 11 is 1.40. The van der Waals surface area contributed by atoms with Gasteiger partial charge in [0.15, 0.2) is 5.13 Å². The van der Waals surface area contributed by atoms with Crippen LogP contribution in [0.2, 0.25) is 0 Å². The Morgan fingerprint density at radius 2 is 1.90 bits per heavy atom. The summed E-state index contributed by atoms with van der Waals surface area (Å²) in [5.41, 5.74) is 0.546. The van der Waals surface area contributed by atoms with Gasteiger partial charge < -0.3 is 20.1 Å². The predicted molar refractivity (Wildman–Crippen MR) is 116 cm³/mol. The van der Waals surface area contributed by atoms with E-state index in [0.717, 1.165) is 5.56 Å². The van der Waals surface area contributed by atoms with Gasteiger partial charge in [-0.1, -0.05) is 30.3 Å². The highest BCUT2D eigenvalue weighted by Gasteiger charge is 2.58. The quantitative estimate of drug-likeness (QED) is 0.653. The van der Waals surface area contributed by atoms with E-state index in [1.54, 1.807) is 20.0 Å². The Bertz CT molecular complexity index is 914. The molecule has 0 spiro atoms. The van der Waals surface area contributed by atoms with Crippen molar-refractivity contribution in [2.75, 3.05) is 18.5 Å². The molecule has 0 saturated carbocycles. The number of rotatable bonds is 7. The van der Waals surface area contributed by atoms with E-state index in [1.807, 2.05) is 49.6 Å². The summed E-state index contributed by atoms with van der Waals surface area (Å²) in [6.45, 7) is 7.72. The number of allylic oxidation sites excluding steroid dienone is 1. The maximum Gasteiger partial charge on any atom is 0.337 e. The molecule has 160 valence electrons. The van der Waals surface area contributed by atoms with Gasteiger partial charge in [-0.25, -0.2) is 9.78 Å². The summed E-state index contributed by atoms with van der Waals surface area (Å²) in [5, 5.41) is 9.12. The van der Waals surface area contributed by atoms with Crippen LogP contribution in [0, 0.1) is 0 Å². The second-order valence-electron chi connectivity index (χ2n) is 7.00. The molecule has 2 aromatic rings. The number of aromatic nitrogens is 1. The number of anilines is 1. The highest BCUT2D eigenvalue weighted by atomic mass is 32.1. The molecule has 2 heterocycles. The van der Waals surface area contributed by atoms with Crippen molar-refractivity contribution in [2.45, 2.75) is 45.2 Å². The van der Waals surface area contributed by atoms with Crippen molar-refractivity contribution in [1.29, 1.82) is 0 Å². The number of carbonyl (C=O) groups is 2. The van der Waals surface area contributed by atoms with Gasteiger partial charge in [-0.05, 0) is 33.3 Å². The number of thiazole rings is 1. The molecule has 0 fully saturated rings. The van der Waals surface area contributed by atoms with Crippen LogP contribution in [0.25, 0.3) is 0 Å². The Labute approximate surface area is 180 Å². The van der Waals surface area contributed by atoms with Crippen LogP contribution in [-0.4, -0.2) is 42.2 Å². The second-order valence-corrected chi connectivity index (χ2v) is 7.89. The van der Waals surface area contributed by atoms with Crippen molar-refractivity contribution in [3.05, 3.63) is 58.7 Å². The van der Waals surface area contributed by atoms with E-state index in [9.17, 15) is 9.59 Å². The van der Waals surface area contributed by atoms with E-state index >= 15 is 0 Å². The molecule has 30 heavy (non-hydrogen) atoms. The van der Waals surface area contributed by atoms with Crippen molar-refractivity contribution in [3.63, 3.8) is 0 Å². The molecule has 1 aromatic heterocycles. The fraction of sp³-hybridized carbons (Fsp3) is 0.409. The molecule has 3 atom stereocenters.